The predicted molar refractivity (Wildman–Crippen MR) is 90.6 cm³/mol. The van der Waals surface area contributed by atoms with Crippen molar-refractivity contribution in [2.75, 3.05) is 11.2 Å². The van der Waals surface area contributed by atoms with Gasteiger partial charge in [0.2, 0.25) is 5.91 Å². The molecular weight excluding hydrogens is 337 g/mol. The van der Waals surface area contributed by atoms with Gasteiger partial charge in [-0.25, -0.2) is 0 Å². The minimum atomic E-state index is -4.48. The topological polar surface area (TPSA) is 41.1 Å². The predicted octanol–water partition coefficient (Wildman–Crippen LogP) is 4.39. The summed E-state index contributed by atoms with van der Waals surface area (Å²) in [4.78, 5) is 11.7. The third-order valence-electron chi connectivity index (χ3n) is 3.19. The quantitative estimate of drug-likeness (QED) is 0.756. The number of thioether (sulfide) groups is 1. The van der Waals surface area contributed by atoms with Crippen molar-refractivity contribution in [2.24, 2.45) is 0 Å². The molecule has 0 fully saturated rings. The first-order valence-electron chi connectivity index (χ1n) is 7.20. The molecule has 0 bridgehead atoms. The summed E-state index contributed by atoms with van der Waals surface area (Å²) in [6.07, 6.45) is -4.48. The van der Waals surface area contributed by atoms with Crippen molar-refractivity contribution >= 4 is 23.4 Å². The molecule has 0 aliphatic carbocycles. The molecule has 2 N–H and O–H groups in total. The van der Waals surface area contributed by atoms with Gasteiger partial charge in [-0.2, -0.15) is 13.2 Å². The summed E-state index contributed by atoms with van der Waals surface area (Å²) in [6, 6.07) is 12.9. The molecule has 24 heavy (non-hydrogen) atoms. The van der Waals surface area contributed by atoms with E-state index in [1.54, 1.807) is 0 Å². The van der Waals surface area contributed by atoms with E-state index in [-0.39, 0.29) is 17.3 Å². The number of hydrogen-bond acceptors (Lipinski definition) is 3. The SMILES string of the molecule is Cc1ccc(CSCC(=O)NNc2ccccc2C(F)(F)F)cc1. The number of hydrazine groups is 1. The monoisotopic (exact) mass is 354 g/mol. The van der Waals surface area contributed by atoms with Crippen LogP contribution >= 0.6 is 11.8 Å². The van der Waals surface area contributed by atoms with Gasteiger partial charge in [-0.3, -0.25) is 15.6 Å². The molecule has 2 aromatic carbocycles. The van der Waals surface area contributed by atoms with Crippen LogP contribution in [-0.2, 0) is 16.7 Å². The van der Waals surface area contributed by atoms with E-state index >= 15 is 0 Å². The van der Waals surface area contributed by atoms with Gasteiger partial charge in [-0.15, -0.1) is 11.8 Å². The van der Waals surface area contributed by atoms with Crippen LogP contribution in [0, 0.1) is 6.92 Å². The second kappa shape index (κ2) is 8.10. The molecule has 3 nitrogen and oxygen atoms in total. The second-order valence-corrected chi connectivity index (χ2v) is 6.18. The lowest BCUT2D eigenvalue weighted by atomic mass is 10.2. The molecular formula is C17H17F3N2OS. The molecule has 0 aromatic heterocycles. The van der Waals surface area contributed by atoms with Crippen LogP contribution in [0.25, 0.3) is 0 Å². The highest BCUT2D eigenvalue weighted by Crippen LogP contribution is 2.34. The Labute approximate surface area is 142 Å². The number of aryl methyl sites for hydroxylation is 1. The Hall–Kier alpha value is -2.15. The molecule has 0 radical (unpaired) electrons. The normalized spacial score (nSPS) is 11.2. The number of benzene rings is 2. The maximum Gasteiger partial charge on any atom is 0.418 e. The molecule has 0 atom stereocenters. The maximum absolute atomic E-state index is 12.8. The fourth-order valence-electron chi connectivity index (χ4n) is 1.96. The standard InChI is InChI=1S/C17H17F3N2OS/c1-12-6-8-13(9-7-12)10-24-11-16(23)22-21-15-5-3-2-4-14(15)17(18,19)20/h2-9,21H,10-11H2,1H3,(H,22,23). The molecule has 0 saturated heterocycles. The number of amides is 1. The van der Waals surface area contributed by atoms with Crippen molar-refractivity contribution in [1.82, 2.24) is 5.43 Å². The lowest BCUT2D eigenvalue weighted by Crippen LogP contribution is -2.31. The number of anilines is 1. The van der Waals surface area contributed by atoms with Gasteiger partial charge in [-0.05, 0) is 24.6 Å². The van der Waals surface area contributed by atoms with E-state index < -0.39 is 11.7 Å². The Morgan fingerprint density at radius 1 is 1.08 bits per heavy atom. The van der Waals surface area contributed by atoms with Crippen LogP contribution in [0.5, 0.6) is 0 Å². The van der Waals surface area contributed by atoms with Crippen LogP contribution in [-0.4, -0.2) is 11.7 Å². The van der Waals surface area contributed by atoms with Gasteiger partial charge in [0.15, 0.2) is 0 Å². The highest BCUT2D eigenvalue weighted by Gasteiger charge is 2.33. The Bertz CT molecular complexity index is 687. The zero-order chi connectivity index (χ0) is 17.6. The van der Waals surface area contributed by atoms with Crippen LogP contribution in [0.1, 0.15) is 16.7 Å². The van der Waals surface area contributed by atoms with Crippen molar-refractivity contribution in [2.45, 2.75) is 18.9 Å². The minimum Gasteiger partial charge on any atom is -0.298 e. The average Bonchev–Trinajstić information content (AvgIpc) is 2.54. The number of alkyl halides is 3. The van der Waals surface area contributed by atoms with Crippen LogP contribution in [0.3, 0.4) is 0 Å². The molecule has 1 amide bonds. The number of carbonyl (C=O) groups is 1. The summed E-state index contributed by atoms with van der Waals surface area (Å²) in [5.41, 5.74) is 5.89. The fourth-order valence-corrected chi connectivity index (χ4v) is 2.75. The number of hydrogen-bond donors (Lipinski definition) is 2. The van der Waals surface area contributed by atoms with E-state index in [2.05, 4.69) is 10.9 Å². The summed E-state index contributed by atoms with van der Waals surface area (Å²) >= 11 is 1.39. The Morgan fingerprint density at radius 3 is 2.42 bits per heavy atom. The first kappa shape index (κ1) is 18.2. The smallest absolute Gasteiger partial charge is 0.298 e. The van der Waals surface area contributed by atoms with Crippen molar-refractivity contribution in [1.29, 1.82) is 0 Å². The van der Waals surface area contributed by atoms with Crippen LogP contribution in [0.2, 0.25) is 0 Å². The Morgan fingerprint density at radius 2 is 1.75 bits per heavy atom. The molecule has 2 aromatic rings. The minimum absolute atomic E-state index is 0.148. The van der Waals surface area contributed by atoms with E-state index in [4.69, 9.17) is 0 Å². The number of halogens is 3. The molecule has 2 rings (SSSR count). The lowest BCUT2D eigenvalue weighted by molar-refractivity contribution is -0.137. The number of rotatable bonds is 6. The zero-order valence-corrected chi connectivity index (χ0v) is 13.8. The summed E-state index contributed by atoms with van der Waals surface area (Å²) in [7, 11) is 0. The highest BCUT2D eigenvalue weighted by atomic mass is 32.2. The van der Waals surface area contributed by atoms with Gasteiger partial charge in [-0.1, -0.05) is 42.0 Å². The highest BCUT2D eigenvalue weighted by molar-refractivity contribution is 7.99. The van der Waals surface area contributed by atoms with E-state index in [0.29, 0.717) is 5.75 Å². The largest absolute Gasteiger partial charge is 0.418 e. The summed E-state index contributed by atoms with van der Waals surface area (Å²) in [5, 5.41) is 0. The van der Waals surface area contributed by atoms with Gasteiger partial charge < -0.3 is 0 Å². The maximum atomic E-state index is 12.8. The van der Waals surface area contributed by atoms with E-state index in [0.717, 1.165) is 17.2 Å². The first-order valence-corrected chi connectivity index (χ1v) is 8.36. The Kier molecular flexibility index (Phi) is 6.14. The Balaban J connectivity index is 1.80. The van der Waals surface area contributed by atoms with Crippen molar-refractivity contribution in [3.8, 4) is 0 Å². The molecule has 0 saturated carbocycles. The van der Waals surface area contributed by atoms with Crippen molar-refractivity contribution in [3.63, 3.8) is 0 Å². The molecule has 128 valence electrons. The molecule has 7 heteroatoms. The van der Waals surface area contributed by atoms with Gasteiger partial charge in [0, 0.05) is 5.75 Å². The van der Waals surface area contributed by atoms with Crippen LogP contribution < -0.4 is 10.9 Å². The van der Waals surface area contributed by atoms with Crippen molar-refractivity contribution in [3.05, 3.63) is 65.2 Å². The molecule has 0 heterocycles. The number of para-hydroxylation sites is 1. The fraction of sp³-hybridized carbons (Fsp3) is 0.235. The van der Waals surface area contributed by atoms with E-state index in [1.807, 2.05) is 31.2 Å². The number of nitrogens with one attached hydrogen (secondary N) is 2. The summed E-state index contributed by atoms with van der Waals surface area (Å²) in [6.45, 7) is 1.99. The van der Waals surface area contributed by atoms with Gasteiger partial charge in [0.05, 0.1) is 17.0 Å². The number of carbonyl (C=O) groups excluding carboxylic acids is 1. The van der Waals surface area contributed by atoms with E-state index in [1.165, 1.54) is 30.0 Å². The van der Waals surface area contributed by atoms with Crippen molar-refractivity contribution < 1.29 is 18.0 Å². The van der Waals surface area contributed by atoms with Gasteiger partial charge >= 0.3 is 6.18 Å². The van der Waals surface area contributed by atoms with Gasteiger partial charge in [0.25, 0.3) is 0 Å². The van der Waals surface area contributed by atoms with Crippen LogP contribution in [0.4, 0.5) is 18.9 Å². The van der Waals surface area contributed by atoms with Gasteiger partial charge in [0.1, 0.15) is 0 Å². The molecule has 0 unspecified atom stereocenters. The third kappa shape index (κ3) is 5.49. The average molecular weight is 354 g/mol. The van der Waals surface area contributed by atoms with E-state index in [9.17, 15) is 18.0 Å². The zero-order valence-electron chi connectivity index (χ0n) is 13.0. The summed E-state index contributed by atoms with van der Waals surface area (Å²) < 4.78 is 38.5. The lowest BCUT2D eigenvalue weighted by Gasteiger charge is -2.14. The molecule has 0 spiro atoms. The van der Waals surface area contributed by atoms with Crippen LogP contribution in [0.15, 0.2) is 48.5 Å². The molecule has 0 aliphatic rings. The summed E-state index contributed by atoms with van der Waals surface area (Å²) in [5.74, 6) is 0.422. The second-order valence-electron chi connectivity index (χ2n) is 5.19. The first-order chi connectivity index (χ1) is 11.4. The third-order valence-corrected chi connectivity index (χ3v) is 4.20. The molecule has 0 aliphatic heterocycles.